The lowest BCUT2D eigenvalue weighted by atomic mass is 10.1. The van der Waals surface area contributed by atoms with Crippen molar-refractivity contribution in [2.24, 2.45) is 0 Å². The number of alkyl carbamates (subject to hydrolysis) is 1. The molecule has 272 valence electrons. The third kappa shape index (κ3) is 8.34. The number of H-pyrrole nitrogens is 2. The van der Waals surface area contributed by atoms with E-state index in [-0.39, 0.29) is 30.7 Å². The van der Waals surface area contributed by atoms with E-state index >= 15 is 0 Å². The van der Waals surface area contributed by atoms with E-state index in [1.54, 1.807) is 31.1 Å². The van der Waals surface area contributed by atoms with Crippen LogP contribution in [0.2, 0.25) is 0 Å². The Bertz CT molecular complexity index is 1910. The lowest BCUT2D eigenvalue weighted by Gasteiger charge is -2.26. The average Bonchev–Trinajstić information content (AvgIpc) is 4.00. The van der Waals surface area contributed by atoms with Crippen molar-refractivity contribution in [3.63, 3.8) is 0 Å². The lowest BCUT2D eigenvalue weighted by Crippen LogP contribution is -2.46. The van der Waals surface area contributed by atoms with Gasteiger partial charge in [0.25, 0.3) is 0 Å². The highest BCUT2D eigenvalue weighted by Crippen LogP contribution is 2.33. The molecule has 4 aromatic rings. The largest absolute Gasteiger partial charge is 0.453 e. The number of methoxy groups -OCH3 is 2. The Morgan fingerprint density at radius 2 is 1.27 bits per heavy atom. The second kappa shape index (κ2) is 16.7. The van der Waals surface area contributed by atoms with Gasteiger partial charge < -0.3 is 34.6 Å². The molecule has 2 aliphatic heterocycles. The summed E-state index contributed by atoms with van der Waals surface area (Å²) in [5.41, 5.74) is 8.14. The molecule has 2 aliphatic rings. The molecule has 2 saturated heterocycles. The summed E-state index contributed by atoms with van der Waals surface area (Å²) >= 11 is 0. The van der Waals surface area contributed by atoms with E-state index < -0.39 is 18.2 Å². The predicted octanol–water partition coefficient (Wildman–Crippen LogP) is 4.45. The van der Waals surface area contributed by atoms with E-state index in [0.717, 1.165) is 65.1 Å². The van der Waals surface area contributed by atoms with Crippen molar-refractivity contribution in [2.75, 3.05) is 34.1 Å². The first-order valence-corrected chi connectivity index (χ1v) is 17.4. The Morgan fingerprint density at radius 1 is 0.788 bits per heavy atom. The molecule has 0 radical (unpaired) electrons. The topological polar surface area (TPSA) is 167 Å². The number of imidazole rings is 2. The van der Waals surface area contributed by atoms with Crippen LogP contribution in [0.25, 0.3) is 22.5 Å². The maximum atomic E-state index is 13.1. The number of rotatable bonds is 11. The number of amides is 3. The molecule has 2 aromatic carbocycles. The van der Waals surface area contributed by atoms with Crippen LogP contribution in [0.15, 0.2) is 60.9 Å². The quantitative estimate of drug-likeness (QED) is 0.0762. The SMILES string of the molecule is COCON[C@@H](C)C(=O)N1CCC[C@H]1c1ncc(-c2ccc(C#Cc3ccc(-c4cnc([C@@H]5CCCN5C(=O)[C@H](C)NC(=O)OC)[nH]4)cc3)cc2)[nH]1. The molecular formula is C38H44N8O6. The minimum absolute atomic E-state index is 0.0479. The van der Waals surface area contributed by atoms with Gasteiger partial charge in [-0.2, -0.15) is 5.48 Å². The van der Waals surface area contributed by atoms with E-state index in [4.69, 9.17) is 9.57 Å². The minimum Gasteiger partial charge on any atom is -0.453 e. The fraction of sp³-hybridized carbons (Fsp3) is 0.395. The first-order valence-electron chi connectivity index (χ1n) is 17.4. The molecule has 4 N–H and O–H groups in total. The van der Waals surface area contributed by atoms with Crippen molar-refractivity contribution in [3.05, 3.63) is 83.7 Å². The normalized spacial score (nSPS) is 18.1. The maximum absolute atomic E-state index is 13.1. The van der Waals surface area contributed by atoms with Gasteiger partial charge in [0, 0.05) is 31.3 Å². The predicted molar refractivity (Wildman–Crippen MR) is 192 cm³/mol. The van der Waals surface area contributed by atoms with E-state index in [1.807, 2.05) is 53.4 Å². The van der Waals surface area contributed by atoms with Crippen LogP contribution in [0.1, 0.15) is 74.4 Å². The second-order valence-electron chi connectivity index (χ2n) is 12.9. The van der Waals surface area contributed by atoms with Crippen LogP contribution in [0.4, 0.5) is 4.79 Å². The van der Waals surface area contributed by atoms with E-state index in [1.165, 1.54) is 14.2 Å². The van der Waals surface area contributed by atoms with Crippen LogP contribution in [-0.2, 0) is 23.9 Å². The van der Waals surface area contributed by atoms with Crippen molar-refractivity contribution < 1.29 is 28.7 Å². The Hall–Kier alpha value is -5.49. The molecule has 0 saturated carbocycles. The Morgan fingerprint density at radius 3 is 1.73 bits per heavy atom. The summed E-state index contributed by atoms with van der Waals surface area (Å²) < 4.78 is 9.51. The van der Waals surface area contributed by atoms with Crippen molar-refractivity contribution in [3.8, 4) is 34.4 Å². The van der Waals surface area contributed by atoms with Crippen molar-refractivity contribution >= 4 is 17.9 Å². The van der Waals surface area contributed by atoms with Crippen molar-refractivity contribution in [1.29, 1.82) is 0 Å². The highest BCUT2D eigenvalue weighted by atomic mass is 16.7. The van der Waals surface area contributed by atoms with Gasteiger partial charge in [0.05, 0.1) is 43.0 Å². The molecule has 0 aliphatic carbocycles. The Labute approximate surface area is 302 Å². The van der Waals surface area contributed by atoms with Gasteiger partial charge in [0.1, 0.15) is 23.7 Å². The van der Waals surface area contributed by atoms with Gasteiger partial charge in [-0.1, -0.05) is 36.1 Å². The summed E-state index contributed by atoms with van der Waals surface area (Å²) in [6.45, 7) is 4.74. The van der Waals surface area contributed by atoms with Crippen LogP contribution >= 0.6 is 0 Å². The van der Waals surface area contributed by atoms with Gasteiger partial charge in [-0.25, -0.2) is 14.8 Å². The monoisotopic (exact) mass is 708 g/mol. The van der Waals surface area contributed by atoms with E-state index in [0.29, 0.717) is 18.9 Å². The zero-order valence-corrected chi connectivity index (χ0v) is 29.8. The van der Waals surface area contributed by atoms with Crippen LogP contribution in [0.3, 0.4) is 0 Å². The molecule has 14 nitrogen and oxygen atoms in total. The Balaban J connectivity index is 1.05. The highest BCUT2D eigenvalue weighted by molar-refractivity contribution is 5.86. The van der Waals surface area contributed by atoms with Gasteiger partial charge in [-0.3, -0.25) is 14.4 Å². The van der Waals surface area contributed by atoms with Gasteiger partial charge >= 0.3 is 6.09 Å². The molecule has 3 amide bonds. The number of ether oxygens (including phenoxy) is 2. The molecule has 6 rings (SSSR count). The number of hydrogen-bond acceptors (Lipinski definition) is 9. The number of aromatic nitrogens is 4. The third-order valence-electron chi connectivity index (χ3n) is 9.33. The van der Waals surface area contributed by atoms with Gasteiger partial charge in [0.2, 0.25) is 11.8 Å². The number of carbonyl (C=O) groups excluding carboxylic acids is 3. The smallest absolute Gasteiger partial charge is 0.407 e. The van der Waals surface area contributed by atoms with E-state index in [2.05, 4.69) is 47.3 Å². The molecule has 4 atom stereocenters. The lowest BCUT2D eigenvalue weighted by molar-refractivity contribution is -0.144. The molecule has 52 heavy (non-hydrogen) atoms. The first kappa shape index (κ1) is 36.3. The number of likely N-dealkylation sites (tertiary alicyclic amines) is 2. The molecule has 2 fully saturated rings. The first-order chi connectivity index (χ1) is 25.2. The number of carbonyl (C=O) groups is 3. The van der Waals surface area contributed by atoms with Crippen molar-refractivity contribution in [1.82, 2.24) is 40.5 Å². The fourth-order valence-electron chi connectivity index (χ4n) is 6.61. The number of benzene rings is 2. The molecule has 4 heterocycles. The second-order valence-corrected chi connectivity index (χ2v) is 12.9. The highest BCUT2D eigenvalue weighted by Gasteiger charge is 2.36. The summed E-state index contributed by atoms with van der Waals surface area (Å²) in [7, 11) is 2.79. The van der Waals surface area contributed by atoms with Crippen molar-refractivity contribution in [2.45, 2.75) is 63.7 Å². The summed E-state index contributed by atoms with van der Waals surface area (Å²) in [6.07, 6.45) is 6.32. The zero-order chi connectivity index (χ0) is 36.6. The molecule has 0 unspecified atom stereocenters. The molecular weight excluding hydrogens is 664 g/mol. The van der Waals surface area contributed by atoms with Crippen LogP contribution in [-0.4, -0.2) is 93.8 Å². The average molecular weight is 709 g/mol. The molecule has 0 bridgehead atoms. The zero-order valence-electron chi connectivity index (χ0n) is 29.8. The van der Waals surface area contributed by atoms with Gasteiger partial charge in [-0.15, -0.1) is 0 Å². The number of hydrogen-bond donors (Lipinski definition) is 4. The fourth-order valence-corrected chi connectivity index (χ4v) is 6.61. The number of hydroxylamine groups is 1. The van der Waals surface area contributed by atoms with Gasteiger partial charge in [0.15, 0.2) is 6.79 Å². The summed E-state index contributed by atoms with van der Waals surface area (Å²) in [5.74, 6) is 7.74. The van der Waals surface area contributed by atoms with Crippen LogP contribution in [0, 0.1) is 11.8 Å². The minimum atomic E-state index is -0.702. The third-order valence-corrected chi connectivity index (χ3v) is 9.33. The molecule has 2 aromatic heterocycles. The summed E-state index contributed by atoms with van der Waals surface area (Å²) in [5, 5.41) is 2.55. The summed E-state index contributed by atoms with van der Waals surface area (Å²) in [4.78, 5) is 62.5. The molecule has 0 spiro atoms. The number of aromatic amines is 2. The van der Waals surface area contributed by atoms with E-state index in [9.17, 15) is 14.4 Å². The maximum Gasteiger partial charge on any atom is 0.407 e. The Kier molecular flexibility index (Phi) is 11.6. The number of nitrogens with zero attached hydrogens (tertiary/aromatic N) is 4. The van der Waals surface area contributed by atoms with Gasteiger partial charge in [-0.05, 0) is 74.9 Å². The number of nitrogens with one attached hydrogen (secondary N) is 4. The molecule has 14 heteroatoms. The van der Waals surface area contributed by atoms with Crippen LogP contribution < -0.4 is 10.8 Å². The van der Waals surface area contributed by atoms with Crippen LogP contribution in [0.5, 0.6) is 0 Å². The standard InChI is InChI=1S/C38H44N8O6/c1-24(41-38(49)51-4)36(47)45-19-5-7-32(45)34-39-21-30(42-34)28-15-11-26(12-16-28)9-10-27-13-17-29(18-14-27)31-22-40-35(43-31)33-8-6-20-46(33)37(48)25(2)44-52-23-50-3/h11-18,21-22,24-25,32-33,44H,5-8,19-20,23H2,1-4H3,(H,39,42)(H,40,43)(H,41,49)/t24-,25-,32-,33-/m0/s1. The summed E-state index contributed by atoms with van der Waals surface area (Å²) in [6, 6.07) is 14.4.